The molecule has 0 saturated heterocycles. The summed E-state index contributed by atoms with van der Waals surface area (Å²) in [7, 11) is 0. The predicted molar refractivity (Wildman–Crippen MR) is 101 cm³/mol. The molecule has 0 aliphatic heterocycles. The van der Waals surface area contributed by atoms with Crippen LogP contribution in [0.15, 0.2) is 42.5 Å². The maximum absolute atomic E-state index is 12.4. The molecule has 0 unspecified atom stereocenters. The highest BCUT2D eigenvalue weighted by Gasteiger charge is 2.17. The van der Waals surface area contributed by atoms with Crippen LogP contribution in [0.3, 0.4) is 0 Å². The molecular formula is C18H16Cl2N4O2. The number of aliphatic hydroxyl groups excluding tert-OH is 1. The standard InChI is InChI=1S/C18H16Cl2N4O2/c1-11-17(18(26)21-14-5-2-12(10-25)3-6-14)22-23-24(11)9-13-4-7-15(19)16(20)8-13/h2-8,25H,9-10H2,1H3,(H,21,26). The van der Waals surface area contributed by atoms with Crippen LogP contribution in [0.5, 0.6) is 0 Å². The number of hydrogen-bond donors (Lipinski definition) is 2. The van der Waals surface area contributed by atoms with Gasteiger partial charge in [0.2, 0.25) is 0 Å². The topological polar surface area (TPSA) is 80.0 Å². The second-order valence-corrected chi connectivity index (χ2v) is 6.55. The number of rotatable bonds is 5. The van der Waals surface area contributed by atoms with Crippen LogP contribution in [0.25, 0.3) is 0 Å². The van der Waals surface area contributed by atoms with Crippen molar-refractivity contribution in [2.75, 3.05) is 5.32 Å². The van der Waals surface area contributed by atoms with E-state index in [1.54, 1.807) is 48.0 Å². The second-order valence-electron chi connectivity index (χ2n) is 5.74. The maximum atomic E-state index is 12.4. The van der Waals surface area contributed by atoms with Gasteiger partial charge in [-0.3, -0.25) is 4.79 Å². The van der Waals surface area contributed by atoms with E-state index >= 15 is 0 Å². The summed E-state index contributed by atoms with van der Waals surface area (Å²) in [6.07, 6.45) is 0. The zero-order valence-corrected chi connectivity index (χ0v) is 15.4. The molecule has 0 spiro atoms. The first kappa shape index (κ1) is 18.4. The Labute approximate surface area is 160 Å². The number of aromatic nitrogens is 3. The third-order valence-electron chi connectivity index (χ3n) is 3.91. The largest absolute Gasteiger partial charge is 0.392 e. The fourth-order valence-electron chi connectivity index (χ4n) is 2.42. The highest BCUT2D eigenvalue weighted by molar-refractivity contribution is 6.42. The molecule has 2 aromatic carbocycles. The molecule has 0 aliphatic carbocycles. The summed E-state index contributed by atoms with van der Waals surface area (Å²) in [5.74, 6) is -0.348. The van der Waals surface area contributed by atoms with Crippen LogP contribution in [0, 0.1) is 6.92 Å². The summed E-state index contributed by atoms with van der Waals surface area (Å²) in [6, 6.07) is 12.2. The number of amides is 1. The van der Waals surface area contributed by atoms with Crippen molar-refractivity contribution in [1.82, 2.24) is 15.0 Å². The van der Waals surface area contributed by atoms with Gasteiger partial charge in [-0.2, -0.15) is 0 Å². The van der Waals surface area contributed by atoms with E-state index in [2.05, 4.69) is 15.6 Å². The highest BCUT2D eigenvalue weighted by atomic mass is 35.5. The molecule has 0 aliphatic rings. The molecule has 8 heteroatoms. The average Bonchev–Trinajstić information content (AvgIpc) is 2.99. The smallest absolute Gasteiger partial charge is 0.278 e. The van der Waals surface area contributed by atoms with Crippen molar-refractivity contribution in [2.45, 2.75) is 20.1 Å². The van der Waals surface area contributed by atoms with Gasteiger partial charge in [0.05, 0.1) is 28.9 Å². The first-order valence-corrected chi connectivity index (χ1v) is 8.58. The lowest BCUT2D eigenvalue weighted by Gasteiger charge is -2.06. The third kappa shape index (κ3) is 4.04. The van der Waals surface area contributed by atoms with E-state index < -0.39 is 0 Å². The monoisotopic (exact) mass is 390 g/mol. The van der Waals surface area contributed by atoms with Crippen molar-refractivity contribution in [3.05, 3.63) is 75.0 Å². The molecule has 3 rings (SSSR count). The van der Waals surface area contributed by atoms with E-state index in [0.29, 0.717) is 28.0 Å². The molecule has 2 N–H and O–H groups in total. The Bertz CT molecular complexity index is 939. The zero-order valence-electron chi connectivity index (χ0n) is 13.9. The number of nitrogens with one attached hydrogen (secondary N) is 1. The Balaban J connectivity index is 1.74. The summed E-state index contributed by atoms with van der Waals surface area (Å²) < 4.78 is 1.63. The molecule has 1 heterocycles. The number of benzene rings is 2. The number of halogens is 2. The van der Waals surface area contributed by atoms with Gasteiger partial charge < -0.3 is 10.4 Å². The first-order valence-electron chi connectivity index (χ1n) is 7.83. The molecule has 1 amide bonds. The van der Waals surface area contributed by atoms with Gasteiger partial charge in [-0.15, -0.1) is 5.10 Å². The van der Waals surface area contributed by atoms with Gasteiger partial charge in [-0.1, -0.05) is 46.6 Å². The van der Waals surface area contributed by atoms with Gasteiger partial charge >= 0.3 is 0 Å². The van der Waals surface area contributed by atoms with Crippen molar-refractivity contribution in [3.63, 3.8) is 0 Å². The molecule has 134 valence electrons. The van der Waals surface area contributed by atoms with Crippen LogP contribution < -0.4 is 5.32 Å². The van der Waals surface area contributed by atoms with Crippen LogP contribution in [-0.4, -0.2) is 26.0 Å². The molecule has 0 saturated carbocycles. The Morgan fingerprint density at radius 1 is 1.12 bits per heavy atom. The van der Waals surface area contributed by atoms with Crippen LogP contribution in [0.2, 0.25) is 10.0 Å². The lowest BCUT2D eigenvalue weighted by Crippen LogP contribution is -2.14. The quantitative estimate of drug-likeness (QED) is 0.695. The fraction of sp³-hybridized carbons (Fsp3) is 0.167. The van der Waals surface area contributed by atoms with Gasteiger partial charge in [-0.25, -0.2) is 4.68 Å². The molecule has 0 fully saturated rings. The average molecular weight is 391 g/mol. The first-order chi connectivity index (χ1) is 12.5. The minimum Gasteiger partial charge on any atom is -0.392 e. The molecule has 3 aromatic rings. The summed E-state index contributed by atoms with van der Waals surface area (Å²) in [4.78, 5) is 12.4. The summed E-state index contributed by atoms with van der Waals surface area (Å²) in [5, 5.41) is 20.8. The molecule has 6 nitrogen and oxygen atoms in total. The number of nitrogens with zero attached hydrogens (tertiary/aromatic N) is 3. The van der Waals surface area contributed by atoms with Crippen molar-refractivity contribution < 1.29 is 9.90 Å². The Kier molecular flexibility index (Phi) is 5.56. The third-order valence-corrected chi connectivity index (χ3v) is 4.65. The number of carbonyl (C=O) groups excluding carboxylic acids is 1. The van der Waals surface area contributed by atoms with Gasteiger partial charge in [0.1, 0.15) is 0 Å². The lowest BCUT2D eigenvalue weighted by atomic mass is 10.2. The van der Waals surface area contributed by atoms with Gasteiger partial charge in [0, 0.05) is 5.69 Å². The highest BCUT2D eigenvalue weighted by Crippen LogP contribution is 2.23. The predicted octanol–water partition coefficient (Wildman–Crippen LogP) is 3.69. The Morgan fingerprint density at radius 3 is 2.46 bits per heavy atom. The lowest BCUT2D eigenvalue weighted by molar-refractivity contribution is 0.102. The van der Waals surface area contributed by atoms with E-state index in [4.69, 9.17) is 28.3 Å². The minimum atomic E-state index is -0.348. The summed E-state index contributed by atoms with van der Waals surface area (Å²) >= 11 is 12.0. The van der Waals surface area contributed by atoms with Gasteiger partial charge in [0.15, 0.2) is 5.69 Å². The fourth-order valence-corrected chi connectivity index (χ4v) is 2.74. The van der Waals surface area contributed by atoms with Gasteiger partial charge in [0.25, 0.3) is 5.91 Å². The number of aliphatic hydroxyl groups is 1. The van der Waals surface area contributed by atoms with E-state index in [-0.39, 0.29) is 18.2 Å². The van der Waals surface area contributed by atoms with Crippen LogP contribution >= 0.6 is 23.2 Å². The van der Waals surface area contributed by atoms with Crippen molar-refractivity contribution in [1.29, 1.82) is 0 Å². The van der Waals surface area contributed by atoms with Crippen molar-refractivity contribution in [3.8, 4) is 0 Å². The summed E-state index contributed by atoms with van der Waals surface area (Å²) in [5.41, 5.74) is 3.17. The maximum Gasteiger partial charge on any atom is 0.278 e. The van der Waals surface area contributed by atoms with E-state index in [1.165, 1.54) is 0 Å². The van der Waals surface area contributed by atoms with E-state index in [9.17, 15) is 4.79 Å². The van der Waals surface area contributed by atoms with E-state index in [0.717, 1.165) is 11.1 Å². The normalized spacial score (nSPS) is 10.8. The number of hydrogen-bond acceptors (Lipinski definition) is 4. The zero-order chi connectivity index (χ0) is 18.7. The molecule has 0 bridgehead atoms. The molecule has 0 atom stereocenters. The van der Waals surface area contributed by atoms with Crippen molar-refractivity contribution in [2.24, 2.45) is 0 Å². The molecule has 1 aromatic heterocycles. The van der Waals surface area contributed by atoms with Crippen LogP contribution in [0.1, 0.15) is 27.3 Å². The number of carbonyl (C=O) groups is 1. The second kappa shape index (κ2) is 7.86. The number of anilines is 1. The van der Waals surface area contributed by atoms with Crippen LogP contribution in [-0.2, 0) is 13.2 Å². The van der Waals surface area contributed by atoms with Crippen molar-refractivity contribution >= 4 is 34.8 Å². The molecule has 0 radical (unpaired) electrons. The Hall–Kier alpha value is -2.41. The van der Waals surface area contributed by atoms with Gasteiger partial charge in [-0.05, 0) is 42.3 Å². The van der Waals surface area contributed by atoms with Crippen LogP contribution in [0.4, 0.5) is 5.69 Å². The SMILES string of the molecule is Cc1c(C(=O)Nc2ccc(CO)cc2)nnn1Cc1ccc(Cl)c(Cl)c1. The molecule has 26 heavy (non-hydrogen) atoms. The minimum absolute atomic E-state index is 0.0453. The molecular weight excluding hydrogens is 375 g/mol. The summed E-state index contributed by atoms with van der Waals surface area (Å²) in [6.45, 7) is 2.16. The van der Waals surface area contributed by atoms with E-state index in [1.807, 2.05) is 6.07 Å². The Morgan fingerprint density at radius 2 is 1.81 bits per heavy atom.